The van der Waals surface area contributed by atoms with Crippen molar-refractivity contribution in [2.45, 2.75) is 56.6 Å². The van der Waals surface area contributed by atoms with Crippen LogP contribution in [-0.4, -0.2) is 51.5 Å². The van der Waals surface area contributed by atoms with Crippen molar-refractivity contribution in [1.29, 1.82) is 0 Å². The molecule has 116 valence electrons. The first kappa shape index (κ1) is 15.6. The van der Waals surface area contributed by atoms with E-state index in [1.807, 2.05) is 7.05 Å². The van der Waals surface area contributed by atoms with Crippen molar-refractivity contribution in [3.05, 3.63) is 0 Å². The Labute approximate surface area is 122 Å². The fraction of sp³-hybridized carbons (Fsp3) is 0.933. The number of aliphatic imine (C=N–C) groups is 1. The van der Waals surface area contributed by atoms with Gasteiger partial charge in [0.1, 0.15) is 0 Å². The van der Waals surface area contributed by atoms with Crippen molar-refractivity contribution in [1.82, 2.24) is 10.6 Å². The van der Waals surface area contributed by atoms with Crippen LogP contribution in [0.25, 0.3) is 0 Å². The Morgan fingerprint density at radius 2 is 1.95 bits per heavy atom. The lowest BCUT2D eigenvalue weighted by atomic mass is 9.94. The maximum absolute atomic E-state index is 5.74. The Bertz CT molecular complexity index is 308. The van der Waals surface area contributed by atoms with Gasteiger partial charge >= 0.3 is 0 Å². The van der Waals surface area contributed by atoms with E-state index in [1.54, 1.807) is 7.11 Å². The molecular formula is C15H29N3O2. The highest BCUT2D eigenvalue weighted by molar-refractivity contribution is 5.80. The van der Waals surface area contributed by atoms with E-state index in [0.29, 0.717) is 6.04 Å². The number of nitrogens with zero attached hydrogens (tertiary/aromatic N) is 1. The molecule has 0 radical (unpaired) electrons. The topological polar surface area (TPSA) is 54.9 Å². The van der Waals surface area contributed by atoms with Gasteiger partial charge in [-0.15, -0.1) is 0 Å². The molecule has 0 aromatic carbocycles. The van der Waals surface area contributed by atoms with Crippen LogP contribution in [0.1, 0.15) is 44.9 Å². The molecule has 0 aromatic heterocycles. The lowest BCUT2D eigenvalue weighted by Crippen LogP contribution is -2.52. The van der Waals surface area contributed by atoms with Gasteiger partial charge < -0.3 is 20.1 Å². The van der Waals surface area contributed by atoms with E-state index in [4.69, 9.17) is 9.47 Å². The summed E-state index contributed by atoms with van der Waals surface area (Å²) in [5.41, 5.74) is -0.109. The highest BCUT2D eigenvalue weighted by Crippen LogP contribution is 2.23. The third-order valence-electron chi connectivity index (χ3n) is 4.58. The molecule has 0 atom stereocenters. The van der Waals surface area contributed by atoms with E-state index in [-0.39, 0.29) is 5.60 Å². The molecule has 1 saturated heterocycles. The maximum atomic E-state index is 5.74. The Morgan fingerprint density at radius 3 is 2.55 bits per heavy atom. The van der Waals surface area contributed by atoms with Crippen molar-refractivity contribution in [3.63, 3.8) is 0 Å². The summed E-state index contributed by atoms with van der Waals surface area (Å²) >= 11 is 0. The molecule has 1 heterocycles. The molecule has 0 bridgehead atoms. The van der Waals surface area contributed by atoms with Gasteiger partial charge in [0.05, 0.1) is 5.60 Å². The number of ether oxygens (including phenoxy) is 2. The Morgan fingerprint density at radius 1 is 1.25 bits per heavy atom. The number of hydrogen-bond acceptors (Lipinski definition) is 3. The van der Waals surface area contributed by atoms with Crippen LogP contribution in [0.5, 0.6) is 0 Å². The summed E-state index contributed by atoms with van der Waals surface area (Å²) in [4.78, 5) is 4.34. The number of methoxy groups -OCH3 is 1. The molecule has 5 nitrogen and oxygen atoms in total. The second-order valence-corrected chi connectivity index (χ2v) is 5.90. The minimum atomic E-state index is -0.109. The second-order valence-electron chi connectivity index (χ2n) is 5.90. The first-order valence-electron chi connectivity index (χ1n) is 7.88. The summed E-state index contributed by atoms with van der Waals surface area (Å²) in [5, 5.41) is 6.98. The Hall–Kier alpha value is -0.810. The zero-order valence-corrected chi connectivity index (χ0v) is 12.9. The van der Waals surface area contributed by atoms with Gasteiger partial charge in [0.2, 0.25) is 0 Å². The molecular weight excluding hydrogens is 254 g/mol. The van der Waals surface area contributed by atoms with Crippen LogP contribution in [0.4, 0.5) is 0 Å². The molecule has 2 N–H and O–H groups in total. The SMILES string of the molecule is CN=C(NCC1(OC)CCOCC1)NC1CCCCC1. The third-order valence-corrected chi connectivity index (χ3v) is 4.58. The highest BCUT2D eigenvalue weighted by atomic mass is 16.5. The molecule has 1 aliphatic heterocycles. The van der Waals surface area contributed by atoms with Crippen molar-refractivity contribution in [3.8, 4) is 0 Å². The molecule has 0 unspecified atom stereocenters. The zero-order valence-electron chi connectivity index (χ0n) is 12.9. The average Bonchev–Trinajstić information content (AvgIpc) is 2.53. The van der Waals surface area contributed by atoms with E-state index >= 15 is 0 Å². The van der Waals surface area contributed by atoms with E-state index < -0.39 is 0 Å². The van der Waals surface area contributed by atoms with Gasteiger partial charge in [-0.1, -0.05) is 19.3 Å². The van der Waals surface area contributed by atoms with Crippen LogP contribution in [0.2, 0.25) is 0 Å². The number of nitrogens with one attached hydrogen (secondary N) is 2. The van der Waals surface area contributed by atoms with Crippen molar-refractivity contribution < 1.29 is 9.47 Å². The predicted molar refractivity (Wildman–Crippen MR) is 81.2 cm³/mol. The van der Waals surface area contributed by atoms with Crippen LogP contribution in [0.3, 0.4) is 0 Å². The minimum Gasteiger partial charge on any atom is -0.381 e. The fourth-order valence-electron chi connectivity index (χ4n) is 3.08. The summed E-state index contributed by atoms with van der Waals surface area (Å²) in [6, 6.07) is 0.572. The van der Waals surface area contributed by atoms with E-state index in [2.05, 4.69) is 15.6 Å². The van der Waals surface area contributed by atoms with Gasteiger partial charge in [-0.05, 0) is 12.8 Å². The van der Waals surface area contributed by atoms with E-state index in [9.17, 15) is 0 Å². The molecule has 2 rings (SSSR count). The normalized spacial score (nSPS) is 24.4. The van der Waals surface area contributed by atoms with Gasteiger partial charge in [0.15, 0.2) is 5.96 Å². The molecule has 5 heteroatoms. The van der Waals surface area contributed by atoms with Crippen LogP contribution in [-0.2, 0) is 9.47 Å². The standard InChI is InChI=1S/C15H29N3O2/c1-16-14(18-13-6-4-3-5-7-13)17-12-15(19-2)8-10-20-11-9-15/h13H,3-12H2,1-2H3,(H2,16,17,18). The fourth-order valence-corrected chi connectivity index (χ4v) is 3.08. The van der Waals surface area contributed by atoms with Gasteiger partial charge in [-0.2, -0.15) is 0 Å². The first-order chi connectivity index (χ1) is 9.78. The monoisotopic (exact) mass is 283 g/mol. The van der Waals surface area contributed by atoms with Gasteiger partial charge in [-0.25, -0.2) is 0 Å². The summed E-state index contributed by atoms with van der Waals surface area (Å²) < 4.78 is 11.2. The summed E-state index contributed by atoms with van der Waals surface area (Å²) in [6.07, 6.45) is 8.42. The van der Waals surface area contributed by atoms with E-state index in [1.165, 1.54) is 32.1 Å². The van der Waals surface area contributed by atoms with Crippen LogP contribution in [0, 0.1) is 0 Å². The first-order valence-corrected chi connectivity index (χ1v) is 7.88. The maximum Gasteiger partial charge on any atom is 0.191 e. The summed E-state index contributed by atoms with van der Waals surface area (Å²) in [5.74, 6) is 0.903. The smallest absolute Gasteiger partial charge is 0.191 e. The Balaban J connectivity index is 1.80. The van der Waals surface area contributed by atoms with E-state index in [0.717, 1.165) is 38.6 Å². The largest absolute Gasteiger partial charge is 0.381 e. The van der Waals surface area contributed by atoms with Crippen molar-refractivity contribution >= 4 is 5.96 Å². The van der Waals surface area contributed by atoms with Gasteiger partial charge in [0.25, 0.3) is 0 Å². The van der Waals surface area contributed by atoms with Crippen LogP contribution in [0.15, 0.2) is 4.99 Å². The number of rotatable bonds is 4. The quantitative estimate of drug-likeness (QED) is 0.609. The number of hydrogen-bond donors (Lipinski definition) is 2. The third kappa shape index (κ3) is 4.35. The lowest BCUT2D eigenvalue weighted by Gasteiger charge is -2.36. The average molecular weight is 283 g/mol. The lowest BCUT2D eigenvalue weighted by molar-refractivity contribution is -0.0855. The second kappa shape index (κ2) is 7.84. The minimum absolute atomic E-state index is 0.109. The zero-order chi connectivity index (χ0) is 14.3. The molecule has 1 saturated carbocycles. The molecule has 0 amide bonds. The van der Waals surface area contributed by atoms with Crippen molar-refractivity contribution in [2.24, 2.45) is 4.99 Å². The van der Waals surface area contributed by atoms with Crippen LogP contribution >= 0.6 is 0 Å². The molecule has 0 aromatic rings. The number of guanidine groups is 1. The van der Waals surface area contributed by atoms with Crippen molar-refractivity contribution in [2.75, 3.05) is 33.9 Å². The van der Waals surface area contributed by atoms with Gasteiger partial charge in [0, 0.05) is 52.8 Å². The van der Waals surface area contributed by atoms with Crippen LogP contribution < -0.4 is 10.6 Å². The molecule has 2 fully saturated rings. The summed E-state index contributed by atoms with van der Waals surface area (Å²) in [6.45, 7) is 2.35. The molecule has 2 aliphatic rings. The highest BCUT2D eigenvalue weighted by Gasteiger charge is 2.32. The summed E-state index contributed by atoms with van der Waals surface area (Å²) in [7, 11) is 3.63. The van der Waals surface area contributed by atoms with Gasteiger partial charge in [-0.3, -0.25) is 4.99 Å². The predicted octanol–water partition coefficient (Wildman–Crippen LogP) is 1.68. The Kier molecular flexibility index (Phi) is 6.10. The molecule has 20 heavy (non-hydrogen) atoms. The molecule has 0 spiro atoms. The molecule has 1 aliphatic carbocycles.